The van der Waals surface area contributed by atoms with Crippen LogP contribution in [0.2, 0.25) is 0 Å². The summed E-state index contributed by atoms with van der Waals surface area (Å²) >= 11 is 0. The lowest BCUT2D eigenvalue weighted by Crippen LogP contribution is -2.30. The molecule has 1 aliphatic rings. The van der Waals surface area contributed by atoms with E-state index in [9.17, 15) is 9.18 Å². The third kappa shape index (κ3) is 4.54. The lowest BCUT2D eigenvalue weighted by molar-refractivity contribution is -0.120. The molecular weight excluding hydrogens is 305 g/mol. The summed E-state index contributed by atoms with van der Waals surface area (Å²) in [5, 5.41) is 2.87. The van der Waals surface area contributed by atoms with Crippen LogP contribution in [0.5, 0.6) is 0 Å². The average Bonchev–Trinajstić information content (AvgIpc) is 2.63. The van der Waals surface area contributed by atoms with Crippen molar-refractivity contribution in [1.29, 1.82) is 0 Å². The zero-order chi connectivity index (χ0) is 16.8. The van der Waals surface area contributed by atoms with E-state index in [1.165, 1.54) is 31.4 Å². The van der Waals surface area contributed by atoms with E-state index >= 15 is 0 Å². The molecule has 1 N–H and O–H groups in total. The van der Waals surface area contributed by atoms with Gasteiger partial charge in [0.15, 0.2) is 0 Å². The van der Waals surface area contributed by atoms with Crippen LogP contribution in [-0.4, -0.2) is 24.0 Å². The van der Waals surface area contributed by atoms with E-state index < -0.39 is 0 Å². The summed E-state index contributed by atoms with van der Waals surface area (Å²) < 4.78 is 12.8. The van der Waals surface area contributed by atoms with E-state index in [0.717, 1.165) is 30.0 Å². The summed E-state index contributed by atoms with van der Waals surface area (Å²) in [7, 11) is 0. The van der Waals surface area contributed by atoms with E-state index in [1.807, 2.05) is 18.3 Å². The number of pyridine rings is 1. The van der Waals surface area contributed by atoms with Crippen LogP contribution in [0.1, 0.15) is 30.4 Å². The van der Waals surface area contributed by atoms with Crippen LogP contribution >= 0.6 is 0 Å². The third-order valence-electron chi connectivity index (χ3n) is 4.26. The quantitative estimate of drug-likeness (QED) is 0.918. The van der Waals surface area contributed by atoms with E-state index in [0.29, 0.717) is 6.54 Å². The molecule has 2 aromatic rings. The van der Waals surface area contributed by atoms with Gasteiger partial charge in [0.25, 0.3) is 0 Å². The maximum atomic E-state index is 12.8. The van der Waals surface area contributed by atoms with E-state index in [1.54, 1.807) is 12.1 Å². The number of halogens is 1. The molecule has 0 radical (unpaired) electrons. The van der Waals surface area contributed by atoms with Gasteiger partial charge < -0.3 is 10.2 Å². The van der Waals surface area contributed by atoms with Crippen molar-refractivity contribution >= 4 is 11.7 Å². The first kappa shape index (κ1) is 16.4. The van der Waals surface area contributed by atoms with E-state index in [4.69, 9.17) is 0 Å². The number of nitrogens with zero attached hydrogens (tertiary/aromatic N) is 2. The van der Waals surface area contributed by atoms with Crippen molar-refractivity contribution in [3.05, 3.63) is 59.5 Å². The normalized spacial score (nSPS) is 14.5. The molecule has 0 atom stereocenters. The molecule has 0 aliphatic carbocycles. The predicted molar refractivity (Wildman–Crippen MR) is 92.3 cm³/mol. The minimum absolute atomic E-state index is 0.0817. The molecule has 0 spiro atoms. The number of carbonyl (C=O) groups is 1. The van der Waals surface area contributed by atoms with Gasteiger partial charge in [-0.1, -0.05) is 18.2 Å². The molecule has 5 heteroatoms. The summed E-state index contributed by atoms with van der Waals surface area (Å²) in [5.74, 6) is 0.636. The van der Waals surface area contributed by atoms with Crippen molar-refractivity contribution in [2.45, 2.75) is 32.2 Å². The molecule has 1 aliphatic heterocycles. The highest BCUT2D eigenvalue weighted by Crippen LogP contribution is 2.17. The van der Waals surface area contributed by atoms with Crippen molar-refractivity contribution in [3.8, 4) is 0 Å². The van der Waals surface area contributed by atoms with Crippen LogP contribution in [-0.2, 0) is 17.8 Å². The number of aromatic nitrogens is 1. The van der Waals surface area contributed by atoms with Crippen LogP contribution in [0.4, 0.5) is 10.2 Å². The second-order valence-corrected chi connectivity index (χ2v) is 6.15. The number of hydrogen-bond acceptors (Lipinski definition) is 3. The molecule has 3 rings (SSSR count). The third-order valence-corrected chi connectivity index (χ3v) is 4.26. The number of anilines is 1. The molecule has 0 bridgehead atoms. The van der Waals surface area contributed by atoms with Crippen LogP contribution in [0, 0.1) is 5.82 Å². The summed E-state index contributed by atoms with van der Waals surface area (Å²) in [6, 6.07) is 10.0. The first-order valence-electron chi connectivity index (χ1n) is 8.42. The van der Waals surface area contributed by atoms with Crippen molar-refractivity contribution in [2.24, 2.45) is 0 Å². The summed E-state index contributed by atoms with van der Waals surface area (Å²) in [6.45, 7) is 2.59. The van der Waals surface area contributed by atoms with Crippen LogP contribution < -0.4 is 10.2 Å². The van der Waals surface area contributed by atoms with Gasteiger partial charge in [-0.05, 0) is 48.6 Å². The molecule has 1 saturated heterocycles. The molecule has 0 saturated carbocycles. The van der Waals surface area contributed by atoms with Gasteiger partial charge in [-0.2, -0.15) is 0 Å². The molecule has 1 fully saturated rings. The lowest BCUT2D eigenvalue weighted by Gasteiger charge is -2.27. The first-order valence-corrected chi connectivity index (χ1v) is 8.42. The second kappa shape index (κ2) is 7.90. The number of amides is 1. The molecule has 0 unspecified atom stereocenters. The Morgan fingerprint density at radius 3 is 2.42 bits per heavy atom. The molecule has 4 nitrogen and oxygen atoms in total. The lowest BCUT2D eigenvalue weighted by atomic mass is 10.1. The average molecular weight is 327 g/mol. The van der Waals surface area contributed by atoms with Crippen molar-refractivity contribution in [2.75, 3.05) is 18.0 Å². The highest BCUT2D eigenvalue weighted by molar-refractivity contribution is 5.78. The predicted octanol–water partition coefficient (Wildman–Crippen LogP) is 3.07. The van der Waals surface area contributed by atoms with Gasteiger partial charge in [-0.25, -0.2) is 9.37 Å². The Morgan fingerprint density at radius 1 is 1.04 bits per heavy atom. The van der Waals surface area contributed by atoms with Crippen LogP contribution in [0.25, 0.3) is 0 Å². The Bertz CT molecular complexity index is 664. The molecule has 126 valence electrons. The smallest absolute Gasteiger partial charge is 0.224 e. The fourth-order valence-electron chi connectivity index (χ4n) is 2.88. The Morgan fingerprint density at radius 2 is 1.75 bits per heavy atom. The number of hydrogen-bond donors (Lipinski definition) is 1. The van der Waals surface area contributed by atoms with Gasteiger partial charge in [0, 0.05) is 25.8 Å². The van der Waals surface area contributed by atoms with E-state index in [-0.39, 0.29) is 18.1 Å². The molecule has 1 amide bonds. The van der Waals surface area contributed by atoms with Crippen molar-refractivity contribution in [1.82, 2.24) is 10.3 Å². The maximum absolute atomic E-state index is 12.8. The van der Waals surface area contributed by atoms with Crippen LogP contribution in [0.15, 0.2) is 42.6 Å². The monoisotopic (exact) mass is 327 g/mol. The number of rotatable bonds is 5. The van der Waals surface area contributed by atoms with Gasteiger partial charge in [0.1, 0.15) is 11.6 Å². The molecular formula is C19H22FN3O. The summed E-state index contributed by atoms with van der Waals surface area (Å²) in [4.78, 5) is 18.8. The number of benzene rings is 1. The number of carbonyl (C=O) groups excluding carboxylic acids is 1. The zero-order valence-electron chi connectivity index (χ0n) is 13.7. The summed E-state index contributed by atoms with van der Waals surface area (Å²) in [6.07, 6.45) is 5.82. The Labute approximate surface area is 141 Å². The SMILES string of the molecule is O=C(Cc1ccc(F)cc1)NCc1ccc(N2CCCCC2)nc1. The van der Waals surface area contributed by atoms with Gasteiger partial charge in [-0.15, -0.1) is 0 Å². The molecule has 2 heterocycles. The fraction of sp³-hybridized carbons (Fsp3) is 0.368. The van der Waals surface area contributed by atoms with Crippen molar-refractivity contribution in [3.63, 3.8) is 0 Å². The largest absolute Gasteiger partial charge is 0.357 e. The molecule has 1 aromatic heterocycles. The molecule has 1 aromatic carbocycles. The maximum Gasteiger partial charge on any atom is 0.224 e. The standard InChI is InChI=1S/C19H22FN3O/c20-17-7-4-15(5-8-17)12-19(24)22-14-16-6-9-18(21-13-16)23-10-2-1-3-11-23/h4-9,13H,1-3,10-12,14H2,(H,22,24). The topological polar surface area (TPSA) is 45.2 Å². The second-order valence-electron chi connectivity index (χ2n) is 6.15. The molecule has 24 heavy (non-hydrogen) atoms. The van der Waals surface area contributed by atoms with Gasteiger partial charge in [0.2, 0.25) is 5.91 Å². The Hall–Kier alpha value is -2.43. The number of piperidine rings is 1. The van der Waals surface area contributed by atoms with Crippen LogP contribution in [0.3, 0.4) is 0 Å². The van der Waals surface area contributed by atoms with E-state index in [2.05, 4.69) is 15.2 Å². The van der Waals surface area contributed by atoms with Crippen molar-refractivity contribution < 1.29 is 9.18 Å². The first-order chi connectivity index (χ1) is 11.7. The van der Waals surface area contributed by atoms with Gasteiger partial charge >= 0.3 is 0 Å². The zero-order valence-corrected chi connectivity index (χ0v) is 13.7. The highest BCUT2D eigenvalue weighted by atomic mass is 19.1. The minimum atomic E-state index is -0.293. The van der Waals surface area contributed by atoms with Gasteiger partial charge in [-0.3, -0.25) is 4.79 Å². The Kier molecular flexibility index (Phi) is 5.41. The Balaban J connectivity index is 1.49. The minimum Gasteiger partial charge on any atom is -0.357 e. The summed E-state index contributed by atoms with van der Waals surface area (Å²) in [5.41, 5.74) is 1.77. The van der Waals surface area contributed by atoms with Gasteiger partial charge in [0.05, 0.1) is 6.42 Å². The number of nitrogens with one attached hydrogen (secondary N) is 1. The fourth-order valence-corrected chi connectivity index (χ4v) is 2.88. The highest BCUT2D eigenvalue weighted by Gasteiger charge is 2.11.